The van der Waals surface area contributed by atoms with Gasteiger partial charge in [-0.2, -0.15) is 13.2 Å². The monoisotopic (exact) mass is 248 g/mol. The summed E-state index contributed by atoms with van der Waals surface area (Å²) in [6, 6.07) is 1.86. The molecule has 1 heterocycles. The standard InChI is InChI=1S/C10H11F3N2O2/c1-17-9(16)8(15-6-10(11,12)13)7-3-2-4-14-5-7/h2-5,8,15H,6H2,1H3. The lowest BCUT2D eigenvalue weighted by Gasteiger charge is -2.17. The Labute approximate surface area is 95.8 Å². The van der Waals surface area contributed by atoms with Crippen LogP contribution in [0.3, 0.4) is 0 Å². The SMILES string of the molecule is COC(=O)C(NCC(F)(F)F)c1cccnc1. The lowest BCUT2D eigenvalue weighted by molar-refractivity contribution is -0.146. The van der Waals surface area contributed by atoms with Crippen molar-refractivity contribution in [2.24, 2.45) is 0 Å². The van der Waals surface area contributed by atoms with Crippen LogP contribution in [0.25, 0.3) is 0 Å². The summed E-state index contributed by atoms with van der Waals surface area (Å²) in [5, 5.41) is 2.09. The molecule has 0 saturated heterocycles. The van der Waals surface area contributed by atoms with E-state index in [2.05, 4.69) is 15.0 Å². The van der Waals surface area contributed by atoms with E-state index in [-0.39, 0.29) is 0 Å². The van der Waals surface area contributed by atoms with Crippen molar-refractivity contribution in [3.05, 3.63) is 30.1 Å². The molecule has 7 heteroatoms. The summed E-state index contributed by atoms with van der Waals surface area (Å²) in [7, 11) is 1.11. The summed E-state index contributed by atoms with van der Waals surface area (Å²) in [5.74, 6) is -0.790. The highest BCUT2D eigenvalue weighted by atomic mass is 19.4. The molecular formula is C10H11F3N2O2. The van der Waals surface area contributed by atoms with Gasteiger partial charge >= 0.3 is 12.1 Å². The number of pyridine rings is 1. The number of methoxy groups -OCH3 is 1. The molecule has 1 aromatic rings. The van der Waals surface area contributed by atoms with Crippen molar-refractivity contribution in [2.45, 2.75) is 12.2 Å². The van der Waals surface area contributed by atoms with E-state index in [0.717, 1.165) is 7.11 Å². The largest absolute Gasteiger partial charge is 0.468 e. The van der Waals surface area contributed by atoms with Crippen LogP contribution in [0.15, 0.2) is 24.5 Å². The smallest absolute Gasteiger partial charge is 0.401 e. The number of rotatable bonds is 4. The van der Waals surface area contributed by atoms with Gasteiger partial charge in [0.1, 0.15) is 6.04 Å². The van der Waals surface area contributed by atoms with E-state index >= 15 is 0 Å². The molecule has 17 heavy (non-hydrogen) atoms. The first-order valence-corrected chi connectivity index (χ1v) is 4.72. The average Bonchev–Trinajstić information content (AvgIpc) is 2.29. The molecule has 1 atom stereocenters. The molecule has 1 rings (SSSR count). The fraction of sp³-hybridized carbons (Fsp3) is 0.400. The number of hydrogen-bond acceptors (Lipinski definition) is 4. The number of aromatic nitrogens is 1. The van der Waals surface area contributed by atoms with Gasteiger partial charge < -0.3 is 4.74 Å². The van der Waals surface area contributed by atoms with Gasteiger partial charge in [0.25, 0.3) is 0 Å². The minimum absolute atomic E-state index is 0.323. The number of halogens is 3. The second-order valence-corrected chi connectivity index (χ2v) is 3.24. The molecule has 0 aliphatic rings. The van der Waals surface area contributed by atoms with Crippen LogP contribution in [-0.2, 0) is 9.53 Å². The fourth-order valence-electron chi connectivity index (χ4n) is 1.22. The minimum Gasteiger partial charge on any atom is -0.468 e. The van der Waals surface area contributed by atoms with E-state index in [1.165, 1.54) is 24.5 Å². The average molecular weight is 248 g/mol. The fourth-order valence-corrected chi connectivity index (χ4v) is 1.22. The Kier molecular flexibility index (Phi) is 4.45. The van der Waals surface area contributed by atoms with Crippen LogP contribution in [0.2, 0.25) is 0 Å². The van der Waals surface area contributed by atoms with Crippen LogP contribution in [0, 0.1) is 0 Å². The van der Waals surface area contributed by atoms with E-state index in [4.69, 9.17) is 0 Å². The normalized spacial score (nSPS) is 13.2. The molecule has 0 bridgehead atoms. The summed E-state index contributed by atoms with van der Waals surface area (Å²) in [4.78, 5) is 15.1. The number of esters is 1. The summed E-state index contributed by atoms with van der Waals surface area (Å²) < 4.78 is 40.6. The third kappa shape index (κ3) is 4.39. The highest BCUT2D eigenvalue weighted by Gasteiger charge is 2.31. The Morgan fingerprint density at radius 1 is 1.59 bits per heavy atom. The first-order valence-electron chi connectivity index (χ1n) is 4.72. The Balaban J connectivity index is 2.79. The Morgan fingerprint density at radius 2 is 2.29 bits per heavy atom. The highest BCUT2D eigenvalue weighted by molar-refractivity contribution is 5.77. The molecule has 0 spiro atoms. The molecule has 1 unspecified atom stereocenters. The molecule has 0 aliphatic heterocycles. The number of carbonyl (C=O) groups excluding carboxylic acids is 1. The third-order valence-electron chi connectivity index (χ3n) is 1.96. The molecule has 0 fully saturated rings. The van der Waals surface area contributed by atoms with Crippen molar-refractivity contribution in [2.75, 3.05) is 13.7 Å². The van der Waals surface area contributed by atoms with Gasteiger partial charge in [0.2, 0.25) is 0 Å². The topological polar surface area (TPSA) is 51.2 Å². The number of nitrogens with zero attached hydrogens (tertiary/aromatic N) is 1. The van der Waals surface area contributed by atoms with E-state index in [0.29, 0.717) is 5.56 Å². The van der Waals surface area contributed by atoms with Gasteiger partial charge in [-0.1, -0.05) is 6.07 Å². The molecule has 0 saturated carbocycles. The highest BCUT2D eigenvalue weighted by Crippen LogP contribution is 2.17. The van der Waals surface area contributed by atoms with Crippen LogP contribution in [-0.4, -0.2) is 30.8 Å². The third-order valence-corrected chi connectivity index (χ3v) is 1.96. The molecule has 0 aromatic carbocycles. The van der Waals surface area contributed by atoms with Gasteiger partial charge in [-0.25, -0.2) is 4.79 Å². The van der Waals surface area contributed by atoms with E-state index in [1.54, 1.807) is 0 Å². The maximum Gasteiger partial charge on any atom is 0.401 e. The van der Waals surface area contributed by atoms with Gasteiger partial charge in [-0.3, -0.25) is 10.3 Å². The second-order valence-electron chi connectivity index (χ2n) is 3.24. The van der Waals surface area contributed by atoms with Crippen LogP contribution >= 0.6 is 0 Å². The molecule has 1 N–H and O–H groups in total. The zero-order valence-corrected chi connectivity index (χ0v) is 8.99. The quantitative estimate of drug-likeness (QED) is 0.819. The lowest BCUT2D eigenvalue weighted by atomic mass is 10.1. The molecule has 0 radical (unpaired) electrons. The number of alkyl halides is 3. The van der Waals surface area contributed by atoms with Gasteiger partial charge in [-0.05, 0) is 11.6 Å². The van der Waals surface area contributed by atoms with Gasteiger partial charge in [0, 0.05) is 12.4 Å². The van der Waals surface area contributed by atoms with Crippen molar-refractivity contribution in [3.8, 4) is 0 Å². The molecule has 1 aromatic heterocycles. The van der Waals surface area contributed by atoms with Crippen molar-refractivity contribution in [3.63, 3.8) is 0 Å². The summed E-state index contributed by atoms with van der Waals surface area (Å²) in [6.07, 6.45) is -1.62. The number of carbonyl (C=O) groups is 1. The number of hydrogen-bond donors (Lipinski definition) is 1. The first-order chi connectivity index (χ1) is 7.94. The second kappa shape index (κ2) is 5.62. The van der Waals surface area contributed by atoms with Crippen molar-refractivity contribution >= 4 is 5.97 Å². The van der Waals surface area contributed by atoms with Crippen molar-refractivity contribution in [1.29, 1.82) is 0 Å². The van der Waals surface area contributed by atoms with Crippen molar-refractivity contribution < 1.29 is 22.7 Å². The summed E-state index contributed by atoms with van der Waals surface area (Å²) >= 11 is 0. The van der Waals surface area contributed by atoms with Gasteiger partial charge in [0.15, 0.2) is 0 Å². The maximum absolute atomic E-state index is 12.1. The van der Waals surface area contributed by atoms with Gasteiger partial charge in [0.05, 0.1) is 13.7 Å². The van der Waals surface area contributed by atoms with Gasteiger partial charge in [-0.15, -0.1) is 0 Å². The zero-order valence-electron chi connectivity index (χ0n) is 8.99. The zero-order chi connectivity index (χ0) is 12.9. The number of ether oxygens (including phenoxy) is 1. The van der Waals surface area contributed by atoms with Crippen LogP contribution in [0.1, 0.15) is 11.6 Å². The molecular weight excluding hydrogens is 237 g/mol. The van der Waals surface area contributed by atoms with Crippen LogP contribution in [0.4, 0.5) is 13.2 Å². The summed E-state index contributed by atoms with van der Waals surface area (Å²) in [6.45, 7) is -1.28. The lowest BCUT2D eigenvalue weighted by Crippen LogP contribution is -2.36. The van der Waals surface area contributed by atoms with E-state index in [9.17, 15) is 18.0 Å². The van der Waals surface area contributed by atoms with Crippen LogP contribution < -0.4 is 5.32 Å². The summed E-state index contributed by atoms with van der Waals surface area (Å²) in [5.41, 5.74) is 0.323. The predicted octanol–water partition coefficient (Wildman–Crippen LogP) is 1.45. The van der Waals surface area contributed by atoms with Crippen molar-refractivity contribution in [1.82, 2.24) is 10.3 Å². The van der Waals surface area contributed by atoms with E-state index < -0.39 is 24.7 Å². The number of nitrogens with one attached hydrogen (secondary N) is 1. The Bertz CT molecular complexity index is 368. The van der Waals surface area contributed by atoms with E-state index in [1.807, 2.05) is 0 Å². The molecule has 0 aliphatic carbocycles. The molecule has 0 amide bonds. The first kappa shape index (κ1) is 13.4. The Hall–Kier alpha value is -1.63. The Morgan fingerprint density at radius 3 is 2.76 bits per heavy atom. The molecule has 94 valence electrons. The van der Waals surface area contributed by atoms with Crippen LogP contribution in [0.5, 0.6) is 0 Å². The molecule has 4 nitrogen and oxygen atoms in total. The minimum atomic E-state index is -4.39. The predicted molar refractivity (Wildman–Crippen MR) is 53.1 cm³/mol. The maximum atomic E-state index is 12.1.